The maximum Gasteiger partial charge on any atom is 0.347 e. The molecule has 0 spiro atoms. The number of likely N-dealkylation sites (N-methyl/N-ethyl adjacent to an activating group) is 1. The first-order chi connectivity index (χ1) is 9.43. The van der Waals surface area contributed by atoms with Crippen LogP contribution in [0, 0.1) is 5.82 Å². The lowest BCUT2D eigenvalue weighted by molar-refractivity contribution is -0.160. The average molecular weight is 283 g/mol. The Kier molecular flexibility index (Phi) is 5.96. The van der Waals surface area contributed by atoms with Gasteiger partial charge in [0.15, 0.2) is 12.2 Å². The third-order valence-electron chi connectivity index (χ3n) is 2.47. The summed E-state index contributed by atoms with van der Waals surface area (Å²) in [5.74, 6) is -1.07. The number of rotatable bonds is 6. The van der Waals surface area contributed by atoms with Crippen molar-refractivity contribution in [2.45, 2.75) is 33.0 Å². The van der Waals surface area contributed by atoms with Crippen LogP contribution in [0.3, 0.4) is 0 Å². The Bertz CT molecular complexity index is 461. The number of hydrogen-bond donors (Lipinski definition) is 1. The zero-order chi connectivity index (χ0) is 15.1. The molecule has 1 aromatic rings. The molecule has 0 radical (unpaired) electrons. The van der Waals surface area contributed by atoms with Gasteiger partial charge in [-0.05, 0) is 45.0 Å². The van der Waals surface area contributed by atoms with Crippen LogP contribution in [0.2, 0.25) is 0 Å². The van der Waals surface area contributed by atoms with Crippen LogP contribution in [0.4, 0.5) is 4.39 Å². The van der Waals surface area contributed by atoms with Crippen molar-refractivity contribution in [3.05, 3.63) is 30.1 Å². The lowest BCUT2D eigenvalue weighted by atomic mass is 10.3. The number of nitrogens with one attached hydrogen (secondary N) is 1. The molecule has 0 saturated heterocycles. The highest BCUT2D eigenvalue weighted by molar-refractivity contribution is 5.84. The molecule has 0 aromatic heterocycles. The molecule has 20 heavy (non-hydrogen) atoms. The van der Waals surface area contributed by atoms with Crippen LogP contribution in [-0.4, -0.2) is 30.6 Å². The van der Waals surface area contributed by atoms with Crippen LogP contribution in [0.1, 0.15) is 20.8 Å². The molecule has 1 aromatic carbocycles. The Balaban J connectivity index is 2.50. The van der Waals surface area contributed by atoms with Crippen LogP contribution in [0.25, 0.3) is 0 Å². The first-order valence-corrected chi connectivity index (χ1v) is 6.34. The second-order valence-electron chi connectivity index (χ2n) is 4.19. The van der Waals surface area contributed by atoms with E-state index >= 15 is 0 Å². The maximum atomic E-state index is 12.7. The van der Waals surface area contributed by atoms with Gasteiger partial charge in [0.05, 0.1) is 0 Å². The van der Waals surface area contributed by atoms with Gasteiger partial charge in [0.25, 0.3) is 5.91 Å². The first kappa shape index (κ1) is 15.9. The van der Waals surface area contributed by atoms with Crippen molar-refractivity contribution in [2.75, 3.05) is 6.54 Å². The van der Waals surface area contributed by atoms with Gasteiger partial charge in [-0.2, -0.15) is 0 Å². The molecule has 110 valence electrons. The summed E-state index contributed by atoms with van der Waals surface area (Å²) in [6.07, 6.45) is -1.78. The van der Waals surface area contributed by atoms with Crippen molar-refractivity contribution in [3.8, 4) is 5.75 Å². The molecule has 0 saturated carbocycles. The van der Waals surface area contributed by atoms with Gasteiger partial charge in [0.1, 0.15) is 11.6 Å². The number of carbonyl (C=O) groups excluding carboxylic acids is 2. The molecule has 5 nitrogen and oxygen atoms in total. The topological polar surface area (TPSA) is 64.6 Å². The summed E-state index contributed by atoms with van der Waals surface area (Å²) in [5, 5.41) is 2.55. The van der Waals surface area contributed by atoms with Crippen molar-refractivity contribution < 1.29 is 23.5 Å². The molecule has 0 bridgehead atoms. The minimum Gasteiger partial charge on any atom is -0.479 e. The number of esters is 1. The van der Waals surface area contributed by atoms with Crippen molar-refractivity contribution in [1.82, 2.24) is 5.32 Å². The Labute approximate surface area is 117 Å². The molecule has 6 heteroatoms. The highest BCUT2D eigenvalue weighted by atomic mass is 19.1. The minimum absolute atomic E-state index is 0.349. The Morgan fingerprint density at radius 2 is 1.80 bits per heavy atom. The highest BCUT2D eigenvalue weighted by Gasteiger charge is 2.22. The molecule has 0 fully saturated rings. The molecule has 2 atom stereocenters. The summed E-state index contributed by atoms with van der Waals surface area (Å²) in [7, 11) is 0. The smallest absolute Gasteiger partial charge is 0.347 e. The van der Waals surface area contributed by atoms with E-state index in [0.717, 1.165) is 0 Å². The number of amides is 1. The van der Waals surface area contributed by atoms with E-state index in [1.165, 1.54) is 38.1 Å². The van der Waals surface area contributed by atoms with Crippen LogP contribution < -0.4 is 10.1 Å². The van der Waals surface area contributed by atoms with E-state index in [-0.39, 0.29) is 5.91 Å². The van der Waals surface area contributed by atoms with Crippen molar-refractivity contribution in [1.29, 1.82) is 0 Å². The first-order valence-electron chi connectivity index (χ1n) is 6.34. The fourth-order valence-corrected chi connectivity index (χ4v) is 1.41. The SMILES string of the molecule is CCNC(=O)[C@@H](C)OC(=O)[C@H](C)Oc1ccc(F)cc1. The highest BCUT2D eigenvalue weighted by Crippen LogP contribution is 2.13. The predicted octanol–water partition coefficient (Wildman–Crippen LogP) is 1.66. The number of hydrogen-bond acceptors (Lipinski definition) is 4. The number of carbonyl (C=O) groups is 2. The number of benzene rings is 1. The van der Waals surface area contributed by atoms with Crippen LogP contribution >= 0.6 is 0 Å². The predicted molar refractivity (Wildman–Crippen MR) is 70.7 cm³/mol. The largest absolute Gasteiger partial charge is 0.479 e. The van der Waals surface area contributed by atoms with E-state index in [0.29, 0.717) is 12.3 Å². The fourth-order valence-electron chi connectivity index (χ4n) is 1.41. The van der Waals surface area contributed by atoms with E-state index in [9.17, 15) is 14.0 Å². The van der Waals surface area contributed by atoms with Gasteiger partial charge in [0.2, 0.25) is 0 Å². The van der Waals surface area contributed by atoms with Gasteiger partial charge >= 0.3 is 5.97 Å². The van der Waals surface area contributed by atoms with E-state index in [1.807, 2.05) is 0 Å². The molecule has 1 N–H and O–H groups in total. The summed E-state index contributed by atoms with van der Waals surface area (Å²) in [6, 6.07) is 5.27. The molecular formula is C14H18FNO4. The average Bonchev–Trinajstić information content (AvgIpc) is 2.41. The second kappa shape index (κ2) is 7.47. The zero-order valence-corrected chi connectivity index (χ0v) is 11.7. The van der Waals surface area contributed by atoms with E-state index < -0.39 is 24.0 Å². The summed E-state index contributed by atoms with van der Waals surface area (Å²) in [6.45, 7) is 5.21. The standard InChI is InChI=1S/C14H18FNO4/c1-4-16-13(17)9(2)20-14(18)10(3)19-12-7-5-11(15)6-8-12/h5-10H,4H2,1-3H3,(H,16,17)/t9-,10+/m1/s1. The lowest BCUT2D eigenvalue weighted by Gasteiger charge is -2.17. The van der Waals surface area contributed by atoms with Gasteiger partial charge in [-0.1, -0.05) is 0 Å². The quantitative estimate of drug-likeness (QED) is 0.806. The van der Waals surface area contributed by atoms with Crippen molar-refractivity contribution in [3.63, 3.8) is 0 Å². The van der Waals surface area contributed by atoms with Gasteiger partial charge in [-0.15, -0.1) is 0 Å². The van der Waals surface area contributed by atoms with E-state index in [4.69, 9.17) is 9.47 Å². The summed E-state index contributed by atoms with van der Waals surface area (Å²) < 4.78 is 23.0. The van der Waals surface area contributed by atoms with Crippen molar-refractivity contribution in [2.24, 2.45) is 0 Å². The van der Waals surface area contributed by atoms with Gasteiger partial charge in [-0.25, -0.2) is 9.18 Å². The van der Waals surface area contributed by atoms with Crippen LogP contribution in [-0.2, 0) is 14.3 Å². The molecule has 1 amide bonds. The van der Waals surface area contributed by atoms with Gasteiger partial charge < -0.3 is 14.8 Å². The normalized spacial score (nSPS) is 13.2. The van der Waals surface area contributed by atoms with Crippen LogP contribution in [0.15, 0.2) is 24.3 Å². The second-order valence-corrected chi connectivity index (χ2v) is 4.19. The zero-order valence-electron chi connectivity index (χ0n) is 11.7. The Morgan fingerprint density at radius 1 is 1.20 bits per heavy atom. The molecule has 0 aliphatic rings. The number of ether oxygens (including phenoxy) is 2. The van der Waals surface area contributed by atoms with E-state index in [1.54, 1.807) is 6.92 Å². The molecular weight excluding hydrogens is 265 g/mol. The maximum absolute atomic E-state index is 12.7. The van der Waals surface area contributed by atoms with Crippen molar-refractivity contribution >= 4 is 11.9 Å². The molecule has 0 heterocycles. The monoisotopic (exact) mass is 283 g/mol. The lowest BCUT2D eigenvalue weighted by Crippen LogP contribution is -2.38. The molecule has 1 rings (SSSR count). The van der Waals surface area contributed by atoms with Crippen LogP contribution in [0.5, 0.6) is 5.75 Å². The Hall–Kier alpha value is -2.11. The van der Waals surface area contributed by atoms with Gasteiger partial charge in [0, 0.05) is 6.54 Å². The summed E-state index contributed by atoms with van der Waals surface area (Å²) >= 11 is 0. The van der Waals surface area contributed by atoms with E-state index in [2.05, 4.69) is 5.32 Å². The van der Waals surface area contributed by atoms with Gasteiger partial charge in [-0.3, -0.25) is 4.79 Å². The Morgan fingerprint density at radius 3 is 2.35 bits per heavy atom. The molecule has 0 aliphatic heterocycles. The fraction of sp³-hybridized carbons (Fsp3) is 0.429. The number of halogens is 1. The third-order valence-corrected chi connectivity index (χ3v) is 2.47. The molecule has 0 aliphatic carbocycles. The molecule has 0 unspecified atom stereocenters. The summed E-state index contributed by atoms with van der Waals surface area (Å²) in [5.41, 5.74) is 0. The minimum atomic E-state index is -0.891. The third kappa shape index (κ3) is 4.87. The summed E-state index contributed by atoms with van der Waals surface area (Å²) in [4.78, 5) is 23.2.